The van der Waals surface area contributed by atoms with E-state index in [-0.39, 0.29) is 21.5 Å². The van der Waals surface area contributed by atoms with Gasteiger partial charge in [-0.25, -0.2) is 0 Å². The number of hydrogen-bond donors (Lipinski definition) is 2. The summed E-state index contributed by atoms with van der Waals surface area (Å²) in [6, 6.07) is 0. The first kappa shape index (κ1) is 17.1. The van der Waals surface area contributed by atoms with Crippen molar-refractivity contribution in [2.24, 2.45) is 0 Å². The van der Waals surface area contributed by atoms with Gasteiger partial charge in [-0.15, -0.1) is 0 Å². The van der Waals surface area contributed by atoms with Gasteiger partial charge in [0.15, 0.2) is 0 Å². The number of rotatable bonds is 2. The number of nitrogens with one attached hydrogen (secondary N) is 2. The highest BCUT2D eigenvalue weighted by molar-refractivity contribution is 6.55. The first-order valence-corrected chi connectivity index (χ1v) is 7.04. The van der Waals surface area contributed by atoms with E-state index in [1.54, 1.807) is 0 Å². The molecule has 0 spiro atoms. The molecule has 0 atom stereocenters. The van der Waals surface area contributed by atoms with E-state index in [0.29, 0.717) is 0 Å². The molecule has 1 rings (SSSR count). The van der Waals surface area contributed by atoms with Crippen molar-refractivity contribution in [2.45, 2.75) is 52.6 Å². The third-order valence-electron chi connectivity index (χ3n) is 2.29. The summed E-state index contributed by atoms with van der Waals surface area (Å²) in [7, 11) is 0. The lowest BCUT2D eigenvalue weighted by molar-refractivity contribution is -0.116. The molecular formula is C14H20Cl2N2O2. The molecule has 0 aliphatic heterocycles. The van der Waals surface area contributed by atoms with Crippen molar-refractivity contribution in [3.8, 4) is 0 Å². The quantitative estimate of drug-likeness (QED) is 0.769. The summed E-state index contributed by atoms with van der Waals surface area (Å²) >= 11 is 12.1. The standard InChI is InChI=1S/C14H20Cl2N2O2/c1-13(2,3)17-9-7(15)12(20)10(8(16)11(9)19)18-14(4,5)6/h17-18H,1-6H3. The van der Waals surface area contributed by atoms with E-state index in [1.165, 1.54) is 0 Å². The molecule has 1 aliphatic rings. The maximum absolute atomic E-state index is 12.3. The monoisotopic (exact) mass is 318 g/mol. The highest BCUT2D eigenvalue weighted by Gasteiger charge is 2.36. The van der Waals surface area contributed by atoms with Crippen LogP contribution in [0.3, 0.4) is 0 Å². The van der Waals surface area contributed by atoms with Crippen LogP contribution in [0, 0.1) is 0 Å². The number of Topliss-reactive ketones (excluding diaryl/α,β-unsaturated/α-hetero) is 2. The van der Waals surface area contributed by atoms with Crippen molar-refractivity contribution in [3.05, 3.63) is 21.5 Å². The third-order valence-corrected chi connectivity index (χ3v) is 3.01. The number of carbonyl (C=O) groups excluding carboxylic acids is 2. The molecule has 0 radical (unpaired) electrons. The number of ketones is 2. The summed E-state index contributed by atoms with van der Waals surface area (Å²) in [4.78, 5) is 24.5. The minimum absolute atomic E-state index is 0.0497. The molecular weight excluding hydrogens is 299 g/mol. The maximum Gasteiger partial charge on any atom is 0.224 e. The van der Waals surface area contributed by atoms with Crippen LogP contribution in [-0.4, -0.2) is 22.6 Å². The van der Waals surface area contributed by atoms with Gasteiger partial charge in [0.25, 0.3) is 0 Å². The van der Waals surface area contributed by atoms with Crippen LogP contribution in [0.5, 0.6) is 0 Å². The van der Waals surface area contributed by atoms with E-state index in [2.05, 4.69) is 10.6 Å². The minimum Gasteiger partial charge on any atom is -0.376 e. The van der Waals surface area contributed by atoms with Gasteiger partial charge >= 0.3 is 0 Å². The van der Waals surface area contributed by atoms with Crippen LogP contribution < -0.4 is 10.6 Å². The first-order valence-electron chi connectivity index (χ1n) is 6.29. The van der Waals surface area contributed by atoms with Gasteiger partial charge in [0.2, 0.25) is 11.6 Å². The molecule has 112 valence electrons. The Morgan fingerprint density at radius 2 is 0.950 bits per heavy atom. The Bertz CT molecular complexity index is 472. The highest BCUT2D eigenvalue weighted by Crippen LogP contribution is 2.29. The third kappa shape index (κ3) is 4.00. The summed E-state index contributed by atoms with van der Waals surface area (Å²) < 4.78 is 0. The Labute approximate surface area is 129 Å². The topological polar surface area (TPSA) is 58.2 Å². The summed E-state index contributed by atoms with van der Waals surface area (Å²) in [6.45, 7) is 11.2. The molecule has 0 saturated carbocycles. The molecule has 0 aromatic rings. The van der Waals surface area contributed by atoms with Crippen molar-refractivity contribution in [1.82, 2.24) is 10.6 Å². The van der Waals surface area contributed by atoms with E-state index >= 15 is 0 Å². The van der Waals surface area contributed by atoms with Crippen LogP contribution in [-0.2, 0) is 9.59 Å². The van der Waals surface area contributed by atoms with Crippen LogP contribution in [0.2, 0.25) is 0 Å². The second kappa shape index (κ2) is 5.41. The smallest absolute Gasteiger partial charge is 0.224 e. The lowest BCUT2D eigenvalue weighted by atomic mass is 10.00. The van der Waals surface area contributed by atoms with Crippen molar-refractivity contribution in [1.29, 1.82) is 0 Å². The predicted molar refractivity (Wildman–Crippen MR) is 81.5 cm³/mol. The average molecular weight is 319 g/mol. The lowest BCUT2D eigenvalue weighted by Crippen LogP contribution is -2.44. The Kier molecular flexibility index (Phi) is 4.62. The van der Waals surface area contributed by atoms with E-state index < -0.39 is 22.6 Å². The Morgan fingerprint density at radius 1 is 0.700 bits per heavy atom. The van der Waals surface area contributed by atoms with Gasteiger partial charge in [0.05, 0.1) is 0 Å². The first-order chi connectivity index (χ1) is 8.83. The van der Waals surface area contributed by atoms with E-state index in [1.807, 2.05) is 41.5 Å². The summed E-state index contributed by atoms with van der Waals surface area (Å²) in [6.07, 6.45) is 0. The molecule has 4 nitrogen and oxygen atoms in total. The van der Waals surface area contributed by atoms with Crippen LogP contribution in [0.15, 0.2) is 21.5 Å². The molecule has 0 saturated heterocycles. The van der Waals surface area contributed by atoms with Crippen molar-refractivity contribution in [3.63, 3.8) is 0 Å². The van der Waals surface area contributed by atoms with E-state index in [4.69, 9.17) is 23.2 Å². The maximum atomic E-state index is 12.3. The minimum atomic E-state index is -0.474. The molecule has 0 aromatic carbocycles. The fraction of sp³-hybridized carbons (Fsp3) is 0.571. The molecule has 0 heterocycles. The molecule has 2 N–H and O–H groups in total. The zero-order valence-corrected chi connectivity index (χ0v) is 14.1. The summed E-state index contributed by atoms with van der Waals surface area (Å²) in [5, 5.41) is 5.59. The van der Waals surface area contributed by atoms with Gasteiger partial charge in [-0.1, -0.05) is 23.2 Å². The van der Waals surface area contributed by atoms with Crippen LogP contribution in [0.4, 0.5) is 0 Å². The number of halogens is 2. The summed E-state index contributed by atoms with van der Waals surface area (Å²) in [5.74, 6) is -0.948. The van der Waals surface area contributed by atoms with E-state index in [0.717, 1.165) is 0 Å². The molecule has 6 heteroatoms. The fourth-order valence-electron chi connectivity index (χ4n) is 1.62. The number of hydrogen-bond acceptors (Lipinski definition) is 4. The van der Waals surface area contributed by atoms with Gasteiger partial charge in [-0.2, -0.15) is 0 Å². The largest absolute Gasteiger partial charge is 0.376 e. The van der Waals surface area contributed by atoms with Gasteiger partial charge < -0.3 is 10.6 Å². The molecule has 20 heavy (non-hydrogen) atoms. The van der Waals surface area contributed by atoms with Crippen molar-refractivity contribution in [2.75, 3.05) is 0 Å². The zero-order valence-electron chi connectivity index (χ0n) is 12.6. The van der Waals surface area contributed by atoms with Crippen molar-refractivity contribution >= 4 is 34.8 Å². The SMILES string of the molecule is CC(C)(C)NC1=C(Cl)C(=O)C(NC(C)(C)C)=C(Cl)C1=O. The Morgan fingerprint density at radius 3 is 1.15 bits per heavy atom. The average Bonchev–Trinajstić information content (AvgIpc) is 2.25. The molecule has 0 aromatic heterocycles. The van der Waals surface area contributed by atoms with Crippen LogP contribution in [0.25, 0.3) is 0 Å². The van der Waals surface area contributed by atoms with Gasteiger partial charge in [0.1, 0.15) is 21.5 Å². The number of carbonyl (C=O) groups is 2. The second-order valence-corrected chi connectivity index (χ2v) is 7.54. The second-order valence-electron chi connectivity index (χ2n) is 6.79. The van der Waals surface area contributed by atoms with Crippen molar-refractivity contribution < 1.29 is 9.59 Å². The zero-order chi connectivity index (χ0) is 15.9. The fourth-order valence-corrected chi connectivity index (χ4v) is 2.07. The van der Waals surface area contributed by atoms with Gasteiger partial charge in [0, 0.05) is 11.1 Å². The summed E-state index contributed by atoms with van der Waals surface area (Å²) in [5.41, 5.74) is -0.711. The van der Waals surface area contributed by atoms with Gasteiger partial charge in [-0.05, 0) is 41.5 Å². The molecule has 1 aliphatic carbocycles. The predicted octanol–water partition coefficient (Wildman–Crippen LogP) is 2.82. The Hall–Kier alpha value is -1.00. The van der Waals surface area contributed by atoms with Crippen LogP contribution in [0.1, 0.15) is 41.5 Å². The highest BCUT2D eigenvalue weighted by atomic mass is 35.5. The molecule has 0 fully saturated rings. The molecule has 0 bridgehead atoms. The normalized spacial score (nSPS) is 17.8. The number of allylic oxidation sites excluding steroid dienone is 2. The van der Waals surface area contributed by atoms with Gasteiger partial charge in [-0.3, -0.25) is 9.59 Å². The molecule has 0 unspecified atom stereocenters. The molecule has 0 amide bonds. The lowest BCUT2D eigenvalue weighted by Gasteiger charge is -2.29. The van der Waals surface area contributed by atoms with E-state index in [9.17, 15) is 9.59 Å². The Balaban J connectivity index is 3.22. The van der Waals surface area contributed by atoms with Crippen LogP contribution >= 0.6 is 23.2 Å².